The van der Waals surface area contributed by atoms with Crippen LogP contribution in [0.15, 0.2) is 30.0 Å². The minimum atomic E-state index is -0.379. The van der Waals surface area contributed by atoms with Gasteiger partial charge in [-0.15, -0.1) is 0 Å². The maximum absolute atomic E-state index is 13.7. The van der Waals surface area contributed by atoms with Gasteiger partial charge in [0, 0.05) is 34.1 Å². The highest BCUT2D eigenvalue weighted by molar-refractivity contribution is 6.13. The minimum Gasteiger partial charge on any atom is -0.349 e. The zero-order valence-electron chi connectivity index (χ0n) is 15.4. The van der Waals surface area contributed by atoms with Gasteiger partial charge in [0.05, 0.1) is 11.4 Å². The standard InChI is InChI=1S/C19H26FN3O2/c1-5-6-8-16-19(25)23(12-7-9-18(24)21(2)3)17-13-14(20)10-11-15(17)22(16)4/h8,10-11,13H,5-7,9,12H2,1-4H3/b16-8-. The summed E-state index contributed by atoms with van der Waals surface area (Å²) >= 11 is 0. The van der Waals surface area contributed by atoms with Gasteiger partial charge in [-0.1, -0.05) is 19.4 Å². The second-order valence-electron chi connectivity index (χ2n) is 6.42. The van der Waals surface area contributed by atoms with Gasteiger partial charge in [0.25, 0.3) is 5.91 Å². The van der Waals surface area contributed by atoms with Gasteiger partial charge in [-0.25, -0.2) is 4.39 Å². The van der Waals surface area contributed by atoms with Crippen molar-refractivity contribution in [1.82, 2.24) is 4.90 Å². The van der Waals surface area contributed by atoms with Gasteiger partial charge in [-0.05, 0) is 31.0 Å². The highest BCUT2D eigenvalue weighted by Gasteiger charge is 2.31. The number of hydrogen-bond acceptors (Lipinski definition) is 3. The molecule has 1 aliphatic rings. The van der Waals surface area contributed by atoms with Crippen molar-refractivity contribution in [2.45, 2.75) is 32.6 Å². The number of hydrogen-bond donors (Lipinski definition) is 0. The SMILES string of the molecule is CCC/C=C1/C(=O)N(CCCC(=O)N(C)C)c2cc(F)ccc2N1C. The number of likely N-dealkylation sites (N-methyl/N-ethyl adjacent to an activating group) is 1. The minimum absolute atomic E-state index is 0.0165. The molecule has 0 saturated heterocycles. The molecule has 1 aromatic carbocycles. The molecule has 2 rings (SSSR count). The predicted octanol–water partition coefficient (Wildman–Crippen LogP) is 3.16. The van der Waals surface area contributed by atoms with Crippen LogP contribution < -0.4 is 9.80 Å². The summed E-state index contributed by atoms with van der Waals surface area (Å²) < 4.78 is 13.7. The maximum Gasteiger partial charge on any atom is 0.274 e. The van der Waals surface area contributed by atoms with Crippen molar-refractivity contribution in [2.75, 3.05) is 37.5 Å². The molecular formula is C19H26FN3O2. The second-order valence-corrected chi connectivity index (χ2v) is 6.42. The number of carbonyl (C=O) groups is 2. The average molecular weight is 347 g/mol. The highest BCUT2D eigenvalue weighted by Crippen LogP contribution is 2.37. The van der Waals surface area contributed by atoms with E-state index in [-0.39, 0.29) is 17.6 Å². The maximum atomic E-state index is 13.7. The highest BCUT2D eigenvalue weighted by atomic mass is 19.1. The molecular weight excluding hydrogens is 321 g/mol. The molecule has 0 bridgehead atoms. The Balaban J connectivity index is 2.29. The molecule has 5 nitrogen and oxygen atoms in total. The van der Waals surface area contributed by atoms with Crippen molar-refractivity contribution >= 4 is 23.2 Å². The van der Waals surface area contributed by atoms with Crippen LogP contribution in [0.1, 0.15) is 32.6 Å². The van der Waals surface area contributed by atoms with E-state index in [9.17, 15) is 14.0 Å². The molecule has 136 valence electrons. The third-order valence-corrected chi connectivity index (χ3v) is 4.31. The van der Waals surface area contributed by atoms with Crippen LogP contribution in [0.3, 0.4) is 0 Å². The Kier molecular flexibility index (Phi) is 6.17. The molecule has 0 spiro atoms. The number of halogens is 1. The van der Waals surface area contributed by atoms with Crippen LogP contribution in [0.25, 0.3) is 0 Å². The van der Waals surface area contributed by atoms with Gasteiger partial charge in [0.2, 0.25) is 5.91 Å². The summed E-state index contributed by atoms with van der Waals surface area (Å²) in [6, 6.07) is 4.47. The molecule has 25 heavy (non-hydrogen) atoms. The van der Waals surface area contributed by atoms with Crippen molar-refractivity contribution in [3.8, 4) is 0 Å². The van der Waals surface area contributed by atoms with E-state index in [1.807, 2.05) is 18.0 Å². The summed E-state index contributed by atoms with van der Waals surface area (Å²) in [7, 11) is 5.24. The van der Waals surface area contributed by atoms with Crippen molar-refractivity contribution in [3.63, 3.8) is 0 Å². The second kappa shape index (κ2) is 8.14. The van der Waals surface area contributed by atoms with Crippen LogP contribution in [0.5, 0.6) is 0 Å². The molecule has 2 amide bonds. The molecule has 0 aromatic heterocycles. The number of allylic oxidation sites excluding steroid dienone is 1. The summed E-state index contributed by atoms with van der Waals surface area (Å²) in [4.78, 5) is 29.6. The number of fused-ring (bicyclic) bond motifs is 1. The molecule has 0 fully saturated rings. The predicted molar refractivity (Wildman–Crippen MR) is 98.1 cm³/mol. The van der Waals surface area contributed by atoms with Crippen molar-refractivity contribution in [3.05, 3.63) is 35.8 Å². The first-order chi connectivity index (χ1) is 11.9. The van der Waals surface area contributed by atoms with Crippen LogP contribution in [0, 0.1) is 5.82 Å². The summed E-state index contributed by atoms with van der Waals surface area (Å²) in [6.45, 7) is 2.44. The van der Waals surface area contributed by atoms with Gasteiger partial charge >= 0.3 is 0 Å². The third kappa shape index (κ3) is 4.18. The lowest BCUT2D eigenvalue weighted by atomic mass is 10.1. The summed E-state index contributed by atoms with van der Waals surface area (Å²) in [5.41, 5.74) is 1.95. The average Bonchev–Trinajstić information content (AvgIpc) is 2.57. The number of unbranched alkanes of at least 4 members (excludes halogenated alkanes) is 1. The normalized spacial score (nSPS) is 15.6. The van der Waals surface area contributed by atoms with Gasteiger partial charge in [0.15, 0.2) is 0 Å². The van der Waals surface area contributed by atoms with Crippen molar-refractivity contribution < 1.29 is 14.0 Å². The Hall–Kier alpha value is -2.37. The molecule has 1 aliphatic heterocycles. The summed E-state index contributed by atoms with van der Waals surface area (Å²) in [6.07, 6.45) is 4.55. The monoisotopic (exact) mass is 347 g/mol. The number of rotatable bonds is 6. The Labute approximate surface area is 148 Å². The van der Waals surface area contributed by atoms with Gasteiger partial charge in [-0.3, -0.25) is 9.59 Å². The van der Waals surface area contributed by atoms with Crippen LogP contribution >= 0.6 is 0 Å². The van der Waals surface area contributed by atoms with E-state index in [0.717, 1.165) is 18.5 Å². The molecule has 0 radical (unpaired) electrons. The van der Waals surface area contributed by atoms with E-state index in [1.165, 1.54) is 17.0 Å². The fraction of sp³-hybridized carbons (Fsp3) is 0.474. The third-order valence-electron chi connectivity index (χ3n) is 4.31. The Morgan fingerprint density at radius 1 is 1.28 bits per heavy atom. The van der Waals surface area contributed by atoms with Crippen molar-refractivity contribution in [2.24, 2.45) is 0 Å². The lowest BCUT2D eigenvalue weighted by molar-refractivity contribution is -0.128. The van der Waals surface area contributed by atoms with Crippen LogP contribution in [-0.4, -0.2) is 44.4 Å². The van der Waals surface area contributed by atoms with E-state index in [4.69, 9.17) is 0 Å². The van der Waals surface area contributed by atoms with E-state index in [1.54, 1.807) is 25.1 Å². The largest absolute Gasteiger partial charge is 0.349 e. The number of anilines is 2. The number of carbonyl (C=O) groups excluding carboxylic acids is 2. The molecule has 6 heteroatoms. The lowest BCUT2D eigenvalue weighted by Gasteiger charge is -2.37. The molecule has 0 N–H and O–H groups in total. The van der Waals surface area contributed by atoms with Gasteiger partial charge in [0.1, 0.15) is 11.5 Å². The number of amides is 2. The summed E-state index contributed by atoms with van der Waals surface area (Å²) in [5.74, 6) is -0.510. The quantitative estimate of drug-likeness (QED) is 0.743. The number of nitrogens with zero attached hydrogens (tertiary/aromatic N) is 3. The van der Waals surface area contributed by atoms with E-state index < -0.39 is 0 Å². The Morgan fingerprint density at radius 3 is 2.64 bits per heavy atom. The molecule has 0 aliphatic carbocycles. The van der Waals surface area contributed by atoms with Crippen LogP contribution in [0.2, 0.25) is 0 Å². The molecule has 0 unspecified atom stereocenters. The molecule has 1 aromatic rings. The first-order valence-corrected chi connectivity index (χ1v) is 8.62. The summed E-state index contributed by atoms with van der Waals surface area (Å²) in [5, 5.41) is 0. The van der Waals surface area contributed by atoms with Gasteiger partial charge in [-0.2, -0.15) is 0 Å². The lowest BCUT2D eigenvalue weighted by Crippen LogP contribution is -2.43. The molecule has 0 saturated carbocycles. The fourth-order valence-electron chi connectivity index (χ4n) is 2.86. The smallest absolute Gasteiger partial charge is 0.274 e. The number of benzene rings is 1. The first-order valence-electron chi connectivity index (χ1n) is 8.62. The van der Waals surface area contributed by atoms with Crippen LogP contribution in [-0.2, 0) is 9.59 Å². The van der Waals surface area contributed by atoms with Crippen LogP contribution in [0.4, 0.5) is 15.8 Å². The van der Waals surface area contributed by atoms with E-state index >= 15 is 0 Å². The van der Waals surface area contributed by atoms with Gasteiger partial charge < -0.3 is 14.7 Å². The van der Waals surface area contributed by atoms with E-state index in [2.05, 4.69) is 6.92 Å². The van der Waals surface area contributed by atoms with Crippen molar-refractivity contribution in [1.29, 1.82) is 0 Å². The molecule has 0 atom stereocenters. The van der Waals surface area contributed by atoms with E-state index in [0.29, 0.717) is 30.8 Å². The zero-order valence-corrected chi connectivity index (χ0v) is 15.4. The Morgan fingerprint density at radius 2 is 2.00 bits per heavy atom. The zero-order chi connectivity index (χ0) is 18.6. The first kappa shape index (κ1) is 19.0. The topological polar surface area (TPSA) is 43.9 Å². The Bertz CT molecular complexity index is 685. The fourth-order valence-corrected chi connectivity index (χ4v) is 2.86. The molecule has 1 heterocycles.